The summed E-state index contributed by atoms with van der Waals surface area (Å²) >= 11 is -0.0793. The SMILES string of the molecule is CCC(C)(C)c1ccc([I+]c2ccc(C(C)(C)CC)cc2)cc1.CCC(C)(C)c1ccc([S+]2CCCC2)cc1.CS(=O)(=O)N1CCN(C(=O)OCC(F)C(F)(F)S(=O)(=O)[O-])C1=O.CS(=O)(=O)N1CCN(C(=O)OCC(F)C(F)(F)S(=O)(=O)[O-])C1=O. The Hall–Kier alpha value is -4.48. The van der Waals surface area contributed by atoms with Gasteiger partial charge in [0.15, 0.2) is 32.3 Å². The quantitative estimate of drug-likeness (QED) is 0.0582. The van der Waals surface area contributed by atoms with E-state index in [9.17, 15) is 88.3 Å². The number of urea groups is 2. The predicted octanol–water partition coefficient (Wildman–Crippen LogP) is 5.93. The minimum atomic E-state index is -6.33. The van der Waals surface area contributed by atoms with Crippen LogP contribution in [0.2, 0.25) is 0 Å². The van der Waals surface area contributed by atoms with Gasteiger partial charge in [-0.15, -0.1) is 0 Å². The number of amides is 6. The molecule has 3 heterocycles. The van der Waals surface area contributed by atoms with Crippen LogP contribution in [0.5, 0.6) is 0 Å². The van der Waals surface area contributed by atoms with Crippen molar-refractivity contribution >= 4 is 75.4 Å². The third-order valence-corrected chi connectivity index (χ3v) is 23.7. The molecule has 6 rings (SSSR count). The molecule has 2 unspecified atom stereocenters. The Morgan fingerprint density at radius 1 is 0.541 bits per heavy atom. The van der Waals surface area contributed by atoms with Crippen LogP contribution in [0.15, 0.2) is 77.7 Å². The number of imide groups is 2. The lowest BCUT2D eigenvalue weighted by Crippen LogP contribution is -3.61. The average molecular weight is 1420 g/mol. The molecule has 0 aliphatic carbocycles. The number of carbonyl (C=O) groups excluding carboxylic acids is 4. The highest BCUT2D eigenvalue weighted by Crippen LogP contribution is 2.32. The maximum absolute atomic E-state index is 13.1. The second-order valence-corrected chi connectivity index (χ2v) is 33.6. The summed E-state index contributed by atoms with van der Waals surface area (Å²) in [7, 11) is -20.0. The van der Waals surface area contributed by atoms with E-state index in [1.807, 2.05) is 0 Å². The largest absolute Gasteiger partial charge is 0.743 e. The lowest BCUT2D eigenvalue weighted by atomic mass is 9.82. The second-order valence-electron chi connectivity index (χ2n) is 21.6. The molecule has 0 bridgehead atoms. The van der Waals surface area contributed by atoms with Crippen LogP contribution in [0.4, 0.5) is 45.5 Å². The van der Waals surface area contributed by atoms with Gasteiger partial charge in [0.25, 0.3) is 0 Å². The minimum Gasteiger partial charge on any atom is -0.743 e. The summed E-state index contributed by atoms with van der Waals surface area (Å²) < 4.78 is 195. The van der Waals surface area contributed by atoms with Crippen LogP contribution in [0, 0.1) is 7.14 Å². The number of rotatable bonds is 19. The second kappa shape index (κ2) is 29.7. The smallest absolute Gasteiger partial charge is 0.418 e. The fourth-order valence-corrected chi connectivity index (χ4v) is 14.4. The highest BCUT2D eigenvalue weighted by Gasteiger charge is 2.50. The van der Waals surface area contributed by atoms with Crippen molar-refractivity contribution in [1.82, 2.24) is 18.4 Å². The zero-order valence-corrected chi connectivity index (χ0v) is 55.0. The van der Waals surface area contributed by atoms with E-state index in [2.05, 4.69) is 145 Å². The summed E-state index contributed by atoms with van der Waals surface area (Å²) in [6.45, 7) is 15.3. The van der Waals surface area contributed by atoms with Gasteiger partial charge in [-0.2, -0.15) is 17.6 Å². The molecule has 480 valence electrons. The van der Waals surface area contributed by atoms with Gasteiger partial charge >= 0.3 is 56.0 Å². The van der Waals surface area contributed by atoms with Crippen LogP contribution in [0.25, 0.3) is 0 Å². The summed E-state index contributed by atoms with van der Waals surface area (Å²) in [5, 5.41) is -10.7. The number of ether oxygens (including phenoxy) is 2. The third kappa shape index (κ3) is 20.3. The first-order valence-electron chi connectivity index (χ1n) is 26.3. The Balaban J connectivity index is 0.000000299. The van der Waals surface area contributed by atoms with Crippen molar-refractivity contribution in [2.75, 3.05) is 63.4 Å². The van der Waals surface area contributed by atoms with Crippen LogP contribution >= 0.6 is 0 Å². The molecule has 32 heteroatoms. The van der Waals surface area contributed by atoms with Crippen LogP contribution < -0.4 is 21.2 Å². The number of benzene rings is 3. The van der Waals surface area contributed by atoms with Crippen molar-refractivity contribution < 1.29 is 119 Å². The lowest BCUT2D eigenvalue weighted by Gasteiger charge is -2.23. The number of alkyl halides is 6. The summed E-state index contributed by atoms with van der Waals surface area (Å²) in [5.74, 6) is 2.85. The Bertz CT molecular complexity index is 3070. The van der Waals surface area contributed by atoms with Crippen molar-refractivity contribution in [2.24, 2.45) is 0 Å². The van der Waals surface area contributed by atoms with E-state index in [1.165, 1.54) is 67.4 Å². The van der Waals surface area contributed by atoms with Gasteiger partial charge < -0.3 is 18.6 Å². The number of hydrogen-bond donors (Lipinski definition) is 0. The normalized spacial score (nSPS) is 16.6. The molecule has 0 aromatic heterocycles. The molecule has 85 heavy (non-hydrogen) atoms. The topological polar surface area (TPSA) is 282 Å². The Morgan fingerprint density at radius 3 is 1.07 bits per heavy atom. The Labute approximate surface area is 507 Å². The van der Waals surface area contributed by atoms with Crippen LogP contribution in [-0.4, -0.2) is 172 Å². The van der Waals surface area contributed by atoms with Crippen molar-refractivity contribution in [3.8, 4) is 0 Å². The summed E-state index contributed by atoms with van der Waals surface area (Å²) in [6.07, 6.45) is -2.85. The molecule has 3 aliphatic heterocycles. The fourth-order valence-electron chi connectivity index (χ4n) is 7.60. The molecular formula is C53H73F6IN4O16S5. The van der Waals surface area contributed by atoms with Gasteiger partial charge in [0.1, 0.15) is 24.7 Å². The molecule has 3 saturated heterocycles. The van der Waals surface area contributed by atoms with E-state index in [0.29, 0.717) is 28.8 Å². The van der Waals surface area contributed by atoms with Crippen molar-refractivity contribution in [3.05, 3.63) is 96.6 Å². The zero-order valence-electron chi connectivity index (χ0n) is 48.8. The van der Waals surface area contributed by atoms with Crippen LogP contribution in [-0.2, 0) is 76.9 Å². The zero-order chi connectivity index (χ0) is 65.1. The van der Waals surface area contributed by atoms with Crippen molar-refractivity contribution in [2.45, 2.75) is 138 Å². The van der Waals surface area contributed by atoms with E-state index in [4.69, 9.17) is 0 Å². The molecule has 6 amide bonds. The molecule has 3 aliphatic rings. The van der Waals surface area contributed by atoms with Gasteiger partial charge in [-0.05, 0) is 101 Å². The first-order valence-corrected chi connectivity index (χ1v) is 36.5. The molecule has 3 fully saturated rings. The summed E-state index contributed by atoms with van der Waals surface area (Å²) in [4.78, 5) is 48.0. The van der Waals surface area contributed by atoms with E-state index in [0.717, 1.165) is 0 Å². The van der Waals surface area contributed by atoms with Gasteiger partial charge in [-0.3, -0.25) is 0 Å². The Morgan fingerprint density at radius 2 is 0.824 bits per heavy atom. The molecular weight excluding hydrogens is 1350 g/mol. The maximum atomic E-state index is 13.1. The molecule has 0 radical (unpaired) electrons. The number of halogens is 7. The van der Waals surface area contributed by atoms with Gasteiger partial charge in [-0.1, -0.05) is 98.7 Å². The van der Waals surface area contributed by atoms with Crippen molar-refractivity contribution in [3.63, 3.8) is 0 Å². The lowest BCUT2D eigenvalue weighted by molar-refractivity contribution is -0.597. The van der Waals surface area contributed by atoms with Gasteiger partial charge in [0.05, 0.1) is 38.7 Å². The van der Waals surface area contributed by atoms with Gasteiger partial charge in [0.2, 0.25) is 32.4 Å². The molecule has 3 aromatic rings. The highest BCUT2D eigenvalue weighted by atomic mass is 127. The van der Waals surface area contributed by atoms with Gasteiger partial charge in [0, 0.05) is 10.9 Å². The summed E-state index contributed by atoms with van der Waals surface area (Å²) in [5.41, 5.74) is 5.29. The van der Waals surface area contributed by atoms with E-state index in [1.54, 1.807) is 4.90 Å². The minimum absolute atomic E-state index is 0.0793. The number of nitrogens with zero attached hydrogens (tertiary/aromatic N) is 4. The van der Waals surface area contributed by atoms with Gasteiger partial charge in [-0.25, -0.2) is 80.0 Å². The standard InChI is InChI=1S/C22H30I.C15H23S.2C8H11F3N2O8S2/c1-7-21(3,4)17-9-13-19(14-10-17)23-20-15-11-18(12-16-20)22(5,6)8-2;1-4-15(2,3)13-7-9-14(10-8-13)16-11-5-6-12-16;2*1-22(16,17)13-3-2-12(6(13)14)7(15)21-4-5(9)8(10,11)23(18,19)20/h9-16H,7-8H2,1-6H3;7-10H,4-6,11-12H2,1-3H3;2*5H,2-4H2,1H3,(H,18,19,20)/q2*+1;;/p-2. The monoisotopic (exact) mass is 1420 g/mol. The average Bonchev–Trinajstić information content (AvgIpc) is 3.34. The Kier molecular flexibility index (Phi) is 26.1. The predicted molar refractivity (Wildman–Crippen MR) is 300 cm³/mol. The van der Waals surface area contributed by atoms with Crippen LogP contribution in [0.1, 0.15) is 111 Å². The molecule has 2 atom stereocenters. The van der Waals surface area contributed by atoms with Crippen LogP contribution in [0.3, 0.4) is 0 Å². The fraction of sp³-hybridized carbons (Fsp3) is 0.585. The maximum Gasteiger partial charge on any atom is 0.418 e. The van der Waals surface area contributed by atoms with E-state index >= 15 is 0 Å². The molecule has 20 nitrogen and oxygen atoms in total. The molecule has 3 aromatic carbocycles. The number of carbonyl (C=O) groups is 4. The van der Waals surface area contributed by atoms with Crippen molar-refractivity contribution in [1.29, 1.82) is 0 Å². The third-order valence-electron chi connectivity index (χ3n) is 14.4. The molecule has 0 spiro atoms. The van der Waals surface area contributed by atoms with E-state index < -0.39 is 127 Å². The highest BCUT2D eigenvalue weighted by molar-refractivity contribution is 7.97. The van der Waals surface area contributed by atoms with E-state index in [-0.39, 0.29) is 50.4 Å². The molecule has 0 saturated carbocycles. The molecule has 0 N–H and O–H groups in total. The number of hydrogen-bond acceptors (Lipinski definition) is 16. The summed E-state index contributed by atoms with van der Waals surface area (Å²) in [6, 6.07) is 25.4. The number of sulfonamides is 2. The first kappa shape index (κ1) is 74.8. The first-order chi connectivity index (χ1) is 38.8.